The van der Waals surface area contributed by atoms with Crippen molar-refractivity contribution >= 4 is 5.52 Å². The van der Waals surface area contributed by atoms with Crippen molar-refractivity contribution in [3.63, 3.8) is 0 Å². The van der Waals surface area contributed by atoms with E-state index in [-0.39, 0.29) is 11.7 Å². The smallest absolute Gasteiger partial charge is 0.276 e. The van der Waals surface area contributed by atoms with Crippen LogP contribution in [0, 0.1) is 6.92 Å². The van der Waals surface area contributed by atoms with Crippen molar-refractivity contribution in [2.24, 2.45) is 0 Å². The van der Waals surface area contributed by atoms with E-state index < -0.39 is 0 Å². The summed E-state index contributed by atoms with van der Waals surface area (Å²) in [5.41, 5.74) is 3.52. The highest BCUT2D eigenvalue weighted by molar-refractivity contribution is 5.66. The quantitative estimate of drug-likeness (QED) is 0.295. The number of fused-ring (bicyclic) bond motifs is 1. The SMILES string of the molecule is CCOc1ccc(-c2cc3c(=O)n(Cc4nc(-c5ccc(OC(C)C)cc5)oc4C)ccn3n2)cc1. The Labute approximate surface area is 208 Å². The normalized spacial score (nSPS) is 11.4. The number of hydrogen-bond donors (Lipinski definition) is 0. The van der Waals surface area contributed by atoms with E-state index in [0.717, 1.165) is 28.3 Å². The first-order chi connectivity index (χ1) is 17.4. The van der Waals surface area contributed by atoms with Crippen LogP contribution in [0.5, 0.6) is 11.5 Å². The fraction of sp³-hybridized carbons (Fsp3) is 0.250. The van der Waals surface area contributed by atoms with Gasteiger partial charge < -0.3 is 18.5 Å². The topological polar surface area (TPSA) is 83.8 Å². The predicted molar refractivity (Wildman–Crippen MR) is 138 cm³/mol. The number of oxazole rings is 1. The van der Waals surface area contributed by atoms with Gasteiger partial charge in [-0.1, -0.05) is 0 Å². The van der Waals surface area contributed by atoms with Crippen molar-refractivity contribution in [2.75, 3.05) is 6.61 Å². The molecule has 0 fully saturated rings. The third-order valence-electron chi connectivity index (χ3n) is 5.75. The molecule has 36 heavy (non-hydrogen) atoms. The van der Waals surface area contributed by atoms with Crippen LogP contribution in [-0.4, -0.2) is 31.9 Å². The van der Waals surface area contributed by atoms with Crippen molar-refractivity contribution in [1.82, 2.24) is 19.2 Å². The summed E-state index contributed by atoms with van der Waals surface area (Å²) in [5.74, 6) is 2.77. The Hall–Kier alpha value is -4.33. The van der Waals surface area contributed by atoms with Crippen LogP contribution >= 0.6 is 0 Å². The molecule has 3 heterocycles. The second-order valence-electron chi connectivity index (χ2n) is 8.76. The molecule has 184 valence electrons. The summed E-state index contributed by atoms with van der Waals surface area (Å²) < 4.78 is 20.3. The lowest BCUT2D eigenvalue weighted by molar-refractivity contribution is 0.242. The van der Waals surface area contributed by atoms with E-state index in [1.54, 1.807) is 27.5 Å². The van der Waals surface area contributed by atoms with Crippen molar-refractivity contribution in [3.8, 4) is 34.2 Å². The number of nitrogens with zero attached hydrogens (tertiary/aromatic N) is 4. The Morgan fingerprint density at radius 2 is 1.67 bits per heavy atom. The highest BCUT2D eigenvalue weighted by Gasteiger charge is 2.15. The summed E-state index contributed by atoms with van der Waals surface area (Å²) in [5, 5.41) is 4.57. The maximum Gasteiger partial charge on any atom is 0.276 e. The van der Waals surface area contributed by atoms with Gasteiger partial charge in [-0.3, -0.25) is 4.79 Å². The minimum atomic E-state index is -0.152. The first kappa shape index (κ1) is 23.4. The molecule has 0 N–H and O–H groups in total. The maximum atomic E-state index is 13.2. The summed E-state index contributed by atoms with van der Waals surface area (Å²) >= 11 is 0. The molecule has 5 rings (SSSR count). The monoisotopic (exact) mass is 484 g/mol. The van der Waals surface area contributed by atoms with Crippen molar-refractivity contribution < 1.29 is 13.9 Å². The highest BCUT2D eigenvalue weighted by Crippen LogP contribution is 2.25. The van der Waals surface area contributed by atoms with Crippen molar-refractivity contribution in [1.29, 1.82) is 0 Å². The zero-order chi connectivity index (χ0) is 25.2. The predicted octanol–water partition coefficient (Wildman–Crippen LogP) is 5.36. The zero-order valence-electron chi connectivity index (χ0n) is 20.8. The van der Waals surface area contributed by atoms with E-state index >= 15 is 0 Å². The molecule has 0 atom stereocenters. The van der Waals surface area contributed by atoms with Gasteiger partial charge in [-0.15, -0.1) is 0 Å². The van der Waals surface area contributed by atoms with Gasteiger partial charge in [-0.25, -0.2) is 9.50 Å². The number of benzene rings is 2. The molecule has 0 aliphatic rings. The fourth-order valence-corrected chi connectivity index (χ4v) is 3.99. The van der Waals surface area contributed by atoms with Gasteiger partial charge in [0.2, 0.25) is 5.89 Å². The van der Waals surface area contributed by atoms with Gasteiger partial charge in [-0.2, -0.15) is 5.10 Å². The van der Waals surface area contributed by atoms with E-state index in [4.69, 9.17) is 13.9 Å². The molecule has 3 aromatic heterocycles. The Morgan fingerprint density at radius 3 is 2.36 bits per heavy atom. The fourth-order valence-electron chi connectivity index (χ4n) is 3.99. The summed E-state index contributed by atoms with van der Waals surface area (Å²) in [6, 6.07) is 17.1. The number of aromatic nitrogens is 4. The van der Waals surface area contributed by atoms with Crippen LogP contribution in [-0.2, 0) is 6.54 Å². The molecule has 2 aromatic carbocycles. The summed E-state index contributed by atoms with van der Waals surface area (Å²) in [4.78, 5) is 17.9. The van der Waals surface area contributed by atoms with Gasteiger partial charge in [0.1, 0.15) is 28.5 Å². The number of ether oxygens (including phenoxy) is 2. The van der Waals surface area contributed by atoms with E-state index in [2.05, 4.69) is 10.1 Å². The van der Waals surface area contributed by atoms with Gasteiger partial charge >= 0.3 is 0 Å². The van der Waals surface area contributed by atoms with Gasteiger partial charge in [0, 0.05) is 23.5 Å². The van der Waals surface area contributed by atoms with Gasteiger partial charge in [-0.05, 0) is 82.3 Å². The van der Waals surface area contributed by atoms with Crippen LogP contribution in [0.25, 0.3) is 28.2 Å². The largest absolute Gasteiger partial charge is 0.494 e. The maximum absolute atomic E-state index is 13.2. The second-order valence-corrected chi connectivity index (χ2v) is 8.76. The molecule has 0 aliphatic carbocycles. The van der Waals surface area contributed by atoms with Gasteiger partial charge in [0.25, 0.3) is 5.56 Å². The van der Waals surface area contributed by atoms with E-state index in [0.29, 0.717) is 36.0 Å². The van der Waals surface area contributed by atoms with E-state index in [1.807, 2.05) is 76.2 Å². The molecule has 0 unspecified atom stereocenters. The lowest BCUT2D eigenvalue weighted by atomic mass is 10.1. The van der Waals surface area contributed by atoms with Gasteiger partial charge in [0.15, 0.2) is 0 Å². The Kier molecular flexibility index (Phi) is 6.33. The average molecular weight is 485 g/mol. The Bertz CT molecular complexity index is 1540. The number of hydrogen-bond acceptors (Lipinski definition) is 6. The number of aryl methyl sites for hydroxylation is 1. The van der Waals surface area contributed by atoms with Crippen molar-refractivity contribution in [3.05, 3.63) is 88.8 Å². The molecule has 0 bridgehead atoms. The zero-order valence-corrected chi connectivity index (χ0v) is 20.8. The molecule has 5 aromatic rings. The first-order valence-electron chi connectivity index (χ1n) is 12.0. The Balaban J connectivity index is 1.39. The summed E-state index contributed by atoms with van der Waals surface area (Å²) in [6.45, 7) is 8.68. The standard InChI is InChI=1S/C28H28N4O4/c1-5-34-22-10-6-20(7-11-22)24-16-26-28(33)31(14-15-32(26)30-24)17-25-19(4)36-27(29-25)21-8-12-23(13-9-21)35-18(2)3/h6-16,18H,5,17H2,1-4H3. The third kappa shape index (κ3) is 4.75. The lowest BCUT2D eigenvalue weighted by Gasteiger charge is -2.09. The molecule has 0 saturated carbocycles. The number of rotatable bonds is 8. The molecule has 0 radical (unpaired) electrons. The molecular weight excluding hydrogens is 456 g/mol. The summed E-state index contributed by atoms with van der Waals surface area (Å²) in [7, 11) is 0. The van der Waals surface area contributed by atoms with Crippen LogP contribution < -0.4 is 15.0 Å². The second kappa shape index (κ2) is 9.73. The lowest BCUT2D eigenvalue weighted by Crippen LogP contribution is -2.22. The van der Waals surface area contributed by atoms with Crippen LogP contribution in [0.1, 0.15) is 32.2 Å². The Morgan fingerprint density at radius 1 is 0.972 bits per heavy atom. The molecule has 0 amide bonds. The molecule has 0 spiro atoms. The molecule has 0 aliphatic heterocycles. The first-order valence-corrected chi connectivity index (χ1v) is 12.0. The van der Waals surface area contributed by atoms with E-state index in [1.165, 1.54) is 0 Å². The van der Waals surface area contributed by atoms with Crippen LogP contribution in [0.2, 0.25) is 0 Å². The average Bonchev–Trinajstić information content (AvgIpc) is 3.46. The minimum Gasteiger partial charge on any atom is -0.494 e. The van der Waals surface area contributed by atoms with Crippen LogP contribution in [0.4, 0.5) is 0 Å². The summed E-state index contributed by atoms with van der Waals surface area (Å²) in [6.07, 6.45) is 3.60. The highest BCUT2D eigenvalue weighted by atomic mass is 16.5. The molecule has 0 saturated heterocycles. The van der Waals surface area contributed by atoms with Crippen LogP contribution in [0.3, 0.4) is 0 Å². The van der Waals surface area contributed by atoms with Crippen molar-refractivity contribution in [2.45, 2.75) is 40.3 Å². The molecular formula is C28H28N4O4. The molecule has 8 heteroatoms. The molecule has 8 nitrogen and oxygen atoms in total. The van der Waals surface area contributed by atoms with Crippen LogP contribution in [0.15, 0.2) is 76.2 Å². The third-order valence-corrected chi connectivity index (χ3v) is 5.75. The minimum absolute atomic E-state index is 0.106. The van der Waals surface area contributed by atoms with E-state index in [9.17, 15) is 4.79 Å². The van der Waals surface area contributed by atoms with Gasteiger partial charge in [0.05, 0.1) is 24.9 Å².